The molecule has 1 aromatic heterocycles. The van der Waals surface area contributed by atoms with Crippen LogP contribution < -0.4 is 11.3 Å². The molecule has 4 heteroatoms. The Morgan fingerprint density at radius 2 is 1.83 bits per heavy atom. The predicted molar refractivity (Wildman–Crippen MR) is 74.5 cm³/mol. The quantitative estimate of drug-likeness (QED) is 0.880. The van der Waals surface area contributed by atoms with Gasteiger partial charge >= 0.3 is 0 Å². The van der Waals surface area contributed by atoms with Crippen molar-refractivity contribution in [3.8, 4) is 0 Å². The highest BCUT2D eigenvalue weighted by atomic mass is 16.1. The van der Waals surface area contributed by atoms with Crippen LogP contribution in [0.5, 0.6) is 0 Å². The number of benzene rings is 1. The van der Waals surface area contributed by atoms with E-state index in [-0.39, 0.29) is 11.5 Å². The molecule has 2 N–H and O–H groups in total. The molecular formula is C14H19N3O. The maximum atomic E-state index is 11.5. The topological polar surface area (TPSA) is 60.9 Å². The zero-order valence-electron chi connectivity index (χ0n) is 11.1. The lowest BCUT2D eigenvalue weighted by Gasteiger charge is -2.05. The van der Waals surface area contributed by atoms with E-state index >= 15 is 0 Å². The molecule has 0 amide bonds. The molecule has 0 aliphatic carbocycles. The third-order valence-corrected chi connectivity index (χ3v) is 2.45. The monoisotopic (exact) mass is 245 g/mol. The second-order valence-corrected chi connectivity index (χ2v) is 3.67. The number of anilines is 1. The first-order chi connectivity index (χ1) is 8.66. The highest BCUT2D eigenvalue weighted by Crippen LogP contribution is 2.06. The number of aromatic nitrogens is 2. The Kier molecular flexibility index (Phi) is 5.11. The fourth-order valence-corrected chi connectivity index (χ4v) is 1.50. The molecule has 96 valence electrons. The normalized spacial score (nSPS) is 9.50. The smallest absolute Gasteiger partial charge is 0.254 e. The highest BCUT2D eigenvalue weighted by Gasteiger charge is 2.03. The van der Waals surface area contributed by atoms with Crippen LogP contribution in [0.4, 0.5) is 5.95 Å². The Labute approximate surface area is 107 Å². The first-order valence-corrected chi connectivity index (χ1v) is 6.03. The lowest BCUT2D eigenvalue weighted by atomic mass is 10.1. The summed E-state index contributed by atoms with van der Waals surface area (Å²) in [5.74, 6) is 0.249. The van der Waals surface area contributed by atoms with E-state index in [1.807, 2.05) is 44.2 Å². The summed E-state index contributed by atoms with van der Waals surface area (Å²) in [6.45, 7) is 4.00. The van der Waals surface area contributed by atoms with Gasteiger partial charge in [0.15, 0.2) is 0 Å². The van der Waals surface area contributed by atoms with Gasteiger partial charge in [0.25, 0.3) is 5.56 Å². The van der Waals surface area contributed by atoms with Crippen molar-refractivity contribution < 1.29 is 0 Å². The van der Waals surface area contributed by atoms with Crippen molar-refractivity contribution >= 4 is 5.95 Å². The summed E-state index contributed by atoms with van der Waals surface area (Å²) in [6.07, 6.45) is 0.626. The molecule has 0 atom stereocenters. The van der Waals surface area contributed by atoms with Gasteiger partial charge in [0, 0.05) is 19.5 Å². The van der Waals surface area contributed by atoms with E-state index in [1.54, 1.807) is 7.05 Å². The maximum Gasteiger partial charge on any atom is 0.254 e. The molecule has 0 saturated carbocycles. The van der Waals surface area contributed by atoms with Crippen LogP contribution >= 0.6 is 0 Å². The number of nitrogen functional groups attached to an aromatic ring is 1. The molecule has 4 nitrogen and oxygen atoms in total. The number of nitrogens with zero attached hydrogens (tertiary/aromatic N) is 2. The molecule has 0 saturated heterocycles. The van der Waals surface area contributed by atoms with Crippen LogP contribution in [-0.4, -0.2) is 9.55 Å². The first-order valence-electron chi connectivity index (χ1n) is 6.03. The van der Waals surface area contributed by atoms with E-state index in [0.29, 0.717) is 12.1 Å². The van der Waals surface area contributed by atoms with Crippen molar-refractivity contribution in [3.63, 3.8) is 0 Å². The molecule has 0 spiro atoms. The van der Waals surface area contributed by atoms with Crippen LogP contribution in [0, 0.1) is 0 Å². The Bertz CT molecular complexity index is 547. The van der Waals surface area contributed by atoms with Crippen molar-refractivity contribution in [2.45, 2.75) is 20.3 Å². The van der Waals surface area contributed by atoms with Crippen LogP contribution in [0.1, 0.15) is 25.1 Å². The van der Waals surface area contributed by atoms with E-state index < -0.39 is 0 Å². The molecule has 2 rings (SSSR count). The standard InChI is InChI=1S/C12H13N3O.C2H6/c1-15-11(16)8-10(14-12(15)13)7-9-5-3-2-4-6-9;1-2/h2-6,8H,7H2,1H3,(H2,13,14);1-2H3. The third kappa shape index (κ3) is 3.45. The van der Waals surface area contributed by atoms with E-state index in [9.17, 15) is 4.79 Å². The van der Waals surface area contributed by atoms with Gasteiger partial charge in [0.05, 0.1) is 5.69 Å². The number of hydrogen-bond acceptors (Lipinski definition) is 3. The maximum absolute atomic E-state index is 11.5. The van der Waals surface area contributed by atoms with Gasteiger partial charge in [-0.2, -0.15) is 0 Å². The summed E-state index contributed by atoms with van der Waals surface area (Å²) < 4.78 is 1.33. The summed E-state index contributed by atoms with van der Waals surface area (Å²) in [6, 6.07) is 11.4. The SMILES string of the molecule is CC.Cn1c(N)nc(Cc2ccccc2)cc1=O. The zero-order chi connectivity index (χ0) is 13.5. The lowest BCUT2D eigenvalue weighted by Crippen LogP contribution is -2.21. The lowest BCUT2D eigenvalue weighted by molar-refractivity contribution is 0.825. The van der Waals surface area contributed by atoms with Gasteiger partial charge in [-0.25, -0.2) is 4.98 Å². The molecule has 1 aromatic carbocycles. The predicted octanol–water partition coefficient (Wildman–Crippen LogP) is 1.98. The Hall–Kier alpha value is -2.10. The summed E-state index contributed by atoms with van der Waals surface area (Å²) in [7, 11) is 1.61. The second-order valence-electron chi connectivity index (χ2n) is 3.67. The van der Waals surface area contributed by atoms with Gasteiger partial charge in [-0.1, -0.05) is 44.2 Å². The summed E-state index contributed by atoms with van der Waals surface area (Å²) in [5, 5.41) is 0. The van der Waals surface area contributed by atoms with Crippen molar-refractivity contribution in [3.05, 3.63) is 58.0 Å². The average Bonchev–Trinajstić information content (AvgIpc) is 2.39. The number of nitrogens with two attached hydrogens (primary N) is 1. The molecule has 2 aromatic rings. The molecule has 0 fully saturated rings. The summed E-state index contributed by atoms with van der Waals surface area (Å²) in [4.78, 5) is 15.7. The first kappa shape index (κ1) is 14.0. The minimum Gasteiger partial charge on any atom is -0.369 e. The molecule has 18 heavy (non-hydrogen) atoms. The Balaban J connectivity index is 0.000000771. The van der Waals surface area contributed by atoms with Crippen molar-refractivity contribution in [1.29, 1.82) is 0 Å². The van der Waals surface area contributed by atoms with Gasteiger partial charge in [-0.05, 0) is 5.56 Å². The average molecular weight is 245 g/mol. The van der Waals surface area contributed by atoms with Crippen LogP contribution in [0.3, 0.4) is 0 Å². The van der Waals surface area contributed by atoms with Gasteiger partial charge in [-0.15, -0.1) is 0 Å². The number of rotatable bonds is 2. The number of hydrogen-bond donors (Lipinski definition) is 1. The van der Waals surface area contributed by atoms with Crippen molar-refractivity contribution in [2.75, 3.05) is 5.73 Å². The summed E-state index contributed by atoms with van der Waals surface area (Å²) in [5.41, 5.74) is 7.31. The van der Waals surface area contributed by atoms with Crippen LogP contribution in [0.2, 0.25) is 0 Å². The molecule has 0 unspecified atom stereocenters. The third-order valence-electron chi connectivity index (χ3n) is 2.45. The molecule has 0 aliphatic heterocycles. The van der Waals surface area contributed by atoms with E-state index in [2.05, 4.69) is 4.98 Å². The Morgan fingerprint density at radius 1 is 1.22 bits per heavy atom. The molecule has 0 aliphatic rings. The van der Waals surface area contributed by atoms with E-state index in [0.717, 1.165) is 5.56 Å². The van der Waals surface area contributed by atoms with Crippen LogP contribution in [-0.2, 0) is 13.5 Å². The summed E-state index contributed by atoms with van der Waals surface area (Å²) >= 11 is 0. The molecule has 0 bridgehead atoms. The minimum absolute atomic E-state index is 0.126. The van der Waals surface area contributed by atoms with E-state index in [4.69, 9.17) is 5.73 Å². The van der Waals surface area contributed by atoms with Gasteiger partial charge < -0.3 is 5.73 Å². The highest BCUT2D eigenvalue weighted by molar-refractivity contribution is 5.25. The molecule has 0 radical (unpaired) electrons. The Morgan fingerprint density at radius 3 is 2.39 bits per heavy atom. The van der Waals surface area contributed by atoms with Crippen LogP contribution in [0.15, 0.2) is 41.2 Å². The second kappa shape index (κ2) is 6.59. The van der Waals surface area contributed by atoms with Gasteiger partial charge in [0.1, 0.15) is 0 Å². The van der Waals surface area contributed by atoms with Crippen LogP contribution in [0.25, 0.3) is 0 Å². The molecular weight excluding hydrogens is 226 g/mol. The fourth-order valence-electron chi connectivity index (χ4n) is 1.50. The van der Waals surface area contributed by atoms with E-state index in [1.165, 1.54) is 10.6 Å². The van der Waals surface area contributed by atoms with Crippen molar-refractivity contribution in [1.82, 2.24) is 9.55 Å². The van der Waals surface area contributed by atoms with Crippen molar-refractivity contribution in [2.24, 2.45) is 7.05 Å². The molecule has 1 heterocycles. The minimum atomic E-state index is -0.126. The zero-order valence-corrected chi connectivity index (χ0v) is 11.1. The van der Waals surface area contributed by atoms with Gasteiger partial charge in [-0.3, -0.25) is 9.36 Å². The van der Waals surface area contributed by atoms with Gasteiger partial charge in [0.2, 0.25) is 5.95 Å². The fraction of sp³-hybridized carbons (Fsp3) is 0.286. The largest absolute Gasteiger partial charge is 0.369 e.